The van der Waals surface area contributed by atoms with E-state index in [9.17, 15) is 27.6 Å². The highest BCUT2D eigenvalue weighted by Crippen LogP contribution is 2.32. The Bertz CT molecular complexity index is 1610. The van der Waals surface area contributed by atoms with Crippen molar-refractivity contribution in [1.29, 1.82) is 0 Å². The molecule has 0 spiro atoms. The van der Waals surface area contributed by atoms with Crippen molar-refractivity contribution in [2.45, 2.75) is 24.9 Å². The van der Waals surface area contributed by atoms with E-state index in [4.69, 9.17) is 5.73 Å². The third kappa shape index (κ3) is 5.47. The van der Waals surface area contributed by atoms with Crippen LogP contribution in [0.5, 0.6) is 0 Å². The van der Waals surface area contributed by atoms with Gasteiger partial charge in [0, 0.05) is 41.9 Å². The van der Waals surface area contributed by atoms with Crippen molar-refractivity contribution in [3.8, 4) is 11.1 Å². The molecule has 1 saturated heterocycles. The van der Waals surface area contributed by atoms with Gasteiger partial charge >= 0.3 is 12.1 Å². The number of likely N-dealkylation sites (tertiary alicyclic amines) is 1. The number of fused-ring (bicyclic) bond motifs is 1. The fraction of sp³-hybridized carbons (Fsp3) is 0.214. The van der Waals surface area contributed by atoms with Gasteiger partial charge in [0.15, 0.2) is 0 Å². The fourth-order valence-electron chi connectivity index (χ4n) is 4.72. The summed E-state index contributed by atoms with van der Waals surface area (Å²) in [5.41, 5.74) is 7.58. The average Bonchev–Trinajstić information content (AvgIpc) is 2.93. The first-order chi connectivity index (χ1) is 18.6. The molecule has 0 saturated carbocycles. The smallest absolute Gasteiger partial charge is 0.383 e. The summed E-state index contributed by atoms with van der Waals surface area (Å²) in [6.45, 7) is 1.17. The predicted octanol–water partition coefficient (Wildman–Crippen LogP) is 4.18. The van der Waals surface area contributed by atoms with Crippen LogP contribution in [0.1, 0.15) is 34.7 Å². The number of nitrogens with zero attached hydrogens (tertiary/aromatic N) is 3. The number of pyridine rings is 2. The third-order valence-electron chi connectivity index (χ3n) is 6.83. The van der Waals surface area contributed by atoms with Gasteiger partial charge in [-0.15, -0.1) is 4.73 Å². The van der Waals surface area contributed by atoms with E-state index < -0.39 is 17.7 Å². The molecule has 5 rings (SSSR count). The fourth-order valence-corrected chi connectivity index (χ4v) is 4.72. The number of alkyl halides is 3. The van der Waals surface area contributed by atoms with Crippen LogP contribution < -0.4 is 16.1 Å². The van der Waals surface area contributed by atoms with Crippen molar-refractivity contribution in [3.63, 3.8) is 0 Å². The Morgan fingerprint density at radius 2 is 1.64 bits per heavy atom. The number of nitrogen functional groups attached to an aromatic ring is 1. The van der Waals surface area contributed by atoms with Gasteiger partial charge in [-0.3, -0.25) is 9.59 Å². The lowest BCUT2D eigenvalue weighted by Gasteiger charge is -2.32. The first-order valence-corrected chi connectivity index (χ1v) is 12.2. The van der Waals surface area contributed by atoms with E-state index in [0.717, 1.165) is 35.9 Å². The minimum absolute atomic E-state index is 0.129. The molecule has 11 heteroatoms. The molecule has 0 unspecified atom stereocenters. The molecule has 0 bridgehead atoms. The second kappa shape index (κ2) is 10.2. The second-order valence-electron chi connectivity index (χ2n) is 9.28. The highest BCUT2D eigenvalue weighted by atomic mass is 19.4. The van der Waals surface area contributed by atoms with Gasteiger partial charge in [0.2, 0.25) is 0 Å². The number of halogens is 3. The second-order valence-corrected chi connectivity index (χ2v) is 9.28. The lowest BCUT2D eigenvalue weighted by atomic mass is 9.88. The molecule has 0 aliphatic carbocycles. The van der Waals surface area contributed by atoms with Crippen molar-refractivity contribution in [1.82, 2.24) is 14.6 Å². The van der Waals surface area contributed by atoms with E-state index in [0.29, 0.717) is 41.5 Å². The van der Waals surface area contributed by atoms with Gasteiger partial charge in [-0.1, -0.05) is 24.3 Å². The quantitative estimate of drug-likeness (QED) is 0.419. The first kappa shape index (κ1) is 26.0. The molecule has 2 N–H and O–H groups in total. The first-order valence-electron chi connectivity index (χ1n) is 12.2. The zero-order chi connectivity index (χ0) is 27.7. The van der Waals surface area contributed by atoms with Gasteiger partial charge in [-0.05, 0) is 65.6 Å². The number of carbonyl (C=O) groups is 2. The van der Waals surface area contributed by atoms with Crippen molar-refractivity contribution in [2.24, 2.45) is 0 Å². The molecule has 1 fully saturated rings. The number of benzene rings is 2. The molecule has 0 atom stereocenters. The molecule has 4 aromatic rings. The number of hydrogen-bond acceptors (Lipinski definition) is 6. The number of aromatic nitrogens is 2. The van der Waals surface area contributed by atoms with Gasteiger partial charge in [0.1, 0.15) is 5.82 Å². The number of carbonyl (C=O) groups excluding carboxylic acids is 2. The summed E-state index contributed by atoms with van der Waals surface area (Å²) in [7, 11) is 0. The van der Waals surface area contributed by atoms with Gasteiger partial charge in [-0.2, -0.15) is 13.2 Å². The normalized spacial score (nSPS) is 14.4. The molecular formula is C28H23F3N4O4. The summed E-state index contributed by atoms with van der Waals surface area (Å²) < 4.78 is 37.8. The van der Waals surface area contributed by atoms with E-state index in [1.165, 1.54) is 11.6 Å². The standard InChI is InChI=1S/C28H23F3N4O4/c29-28(30,31)27(38)39-35-16-22(7-8-24(35)36)17-1-4-20(5-2-17)26(37)34-13-10-18(11-14-34)21-6-3-19-9-12-33-25(32)23(19)15-21/h1-9,12,15-16,18H,10-11,13-14H2,(H2,32,33). The molecule has 0 radical (unpaired) electrons. The molecule has 1 aliphatic heterocycles. The summed E-state index contributed by atoms with van der Waals surface area (Å²) in [5, 5.41) is 1.95. The largest absolute Gasteiger partial charge is 0.493 e. The summed E-state index contributed by atoms with van der Waals surface area (Å²) >= 11 is 0. The maximum Gasteiger partial charge on any atom is 0.493 e. The number of anilines is 1. The molecular weight excluding hydrogens is 513 g/mol. The molecule has 1 amide bonds. The number of amides is 1. The van der Waals surface area contributed by atoms with E-state index in [1.54, 1.807) is 35.4 Å². The van der Waals surface area contributed by atoms with Crippen LogP contribution in [0.15, 0.2) is 77.9 Å². The van der Waals surface area contributed by atoms with Gasteiger partial charge in [0.05, 0.1) is 6.20 Å². The maximum atomic E-state index is 13.1. The minimum Gasteiger partial charge on any atom is -0.383 e. The monoisotopic (exact) mass is 536 g/mol. The predicted molar refractivity (Wildman–Crippen MR) is 138 cm³/mol. The maximum absolute atomic E-state index is 13.1. The Labute approximate surface area is 220 Å². The summed E-state index contributed by atoms with van der Waals surface area (Å²) in [6, 6.07) is 16.9. The van der Waals surface area contributed by atoms with Crippen LogP contribution in [-0.4, -0.2) is 45.8 Å². The molecule has 3 heterocycles. The zero-order valence-corrected chi connectivity index (χ0v) is 20.5. The molecule has 200 valence electrons. The van der Waals surface area contributed by atoms with Crippen molar-refractivity contribution >= 4 is 28.5 Å². The van der Waals surface area contributed by atoms with Gasteiger partial charge < -0.3 is 15.5 Å². The Balaban J connectivity index is 1.25. The van der Waals surface area contributed by atoms with Gasteiger partial charge in [0.25, 0.3) is 11.5 Å². The lowest BCUT2D eigenvalue weighted by molar-refractivity contribution is -0.200. The Kier molecular flexibility index (Phi) is 6.81. The molecule has 2 aromatic heterocycles. The number of nitrogens with two attached hydrogens (primary N) is 1. The highest BCUT2D eigenvalue weighted by molar-refractivity contribution is 5.95. The van der Waals surface area contributed by atoms with E-state index in [2.05, 4.69) is 22.0 Å². The Hall–Kier alpha value is -4.67. The number of rotatable bonds is 4. The van der Waals surface area contributed by atoms with Crippen molar-refractivity contribution in [2.75, 3.05) is 18.8 Å². The van der Waals surface area contributed by atoms with Gasteiger partial charge in [-0.25, -0.2) is 9.78 Å². The van der Waals surface area contributed by atoms with Crippen LogP contribution in [-0.2, 0) is 4.79 Å². The molecule has 1 aliphatic rings. The topological polar surface area (TPSA) is 108 Å². The molecule has 2 aromatic carbocycles. The van der Waals surface area contributed by atoms with Crippen LogP contribution in [0.2, 0.25) is 0 Å². The number of hydrogen-bond donors (Lipinski definition) is 1. The molecule has 39 heavy (non-hydrogen) atoms. The third-order valence-corrected chi connectivity index (χ3v) is 6.83. The van der Waals surface area contributed by atoms with Crippen LogP contribution >= 0.6 is 0 Å². The summed E-state index contributed by atoms with van der Waals surface area (Å²) in [4.78, 5) is 46.2. The van der Waals surface area contributed by atoms with Crippen LogP contribution in [0, 0.1) is 0 Å². The summed E-state index contributed by atoms with van der Waals surface area (Å²) in [6.07, 6.45) is -0.972. The minimum atomic E-state index is -5.24. The lowest BCUT2D eigenvalue weighted by Crippen LogP contribution is -2.38. The van der Waals surface area contributed by atoms with E-state index >= 15 is 0 Å². The van der Waals surface area contributed by atoms with Crippen molar-refractivity contribution < 1.29 is 27.6 Å². The summed E-state index contributed by atoms with van der Waals surface area (Å²) in [5.74, 6) is -1.85. The van der Waals surface area contributed by atoms with Crippen LogP contribution in [0.25, 0.3) is 21.9 Å². The highest BCUT2D eigenvalue weighted by Gasteiger charge is 2.42. The van der Waals surface area contributed by atoms with E-state index in [-0.39, 0.29) is 10.6 Å². The van der Waals surface area contributed by atoms with Crippen LogP contribution in [0.3, 0.4) is 0 Å². The van der Waals surface area contributed by atoms with Crippen LogP contribution in [0.4, 0.5) is 19.0 Å². The SMILES string of the molecule is Nc1nccc2ccc(C3CCN(C(=O)c4ccc(-c5ccc(=O)n(OC(=O)C(F)(F)F)c5)cc4)CC3)cc12. The zero-order valence-electron chi connectivity index (χ0n) is 20.5. The Morgan fingerprint density at radius 3 is 2.33 bits per heavy atom. The molecule has 8 nitrogen and oxygen atoms in total. The number of piperidine rings is 1. The Morgan fingerprint density at radius 1 is 0.949 bits per heavy atom. The average molecular weight is 537 g/mol. The van der Waals surface area contributed by atoms with E-state index in [1.807, 2.05) is 12.1 Å². The van der Waals surface area contributed by atoms with Crippen molar-refractivity contribution in [3.05, 3.63) is 94.5 Å².